The predicted octanol–water partition coefficient (Wildman–Crippen LogP) is 22.4. The summed E-state index contributed by atoms with van der Waals surface area (Å²) in [5.41, 5.74) is 30.0. The first kappa shape index (κ1) is 55.3. The lowest BCUT2D eigenvalue weighted by molar-refractivity contribution is 1.07. The lowest BCUT2D eigenvalue weighted by Gasteiger charge is -2.19. The van der Waals surface area contributed by atoms with Gasteiger partial charge in [0.25, 0.3) is 0 Å². The zero-order valence-electron chi connectivity index (χ0n) is 51.8. The van der Waals surface area contributed by atoms with Crippen LogP contribution in [-0.2, 0) is 0 Å². The van der Waals surface area contributed by atoms with E-state index >= 15 is 0 Å². The van der Waals surface area contributed by atoms with Gasteiger partial charge in [-0.2, -0.15) is 0 Å². The summed E-state index contributed by atoms with van der Waals surface area (Å²) in [6, 6.07) is 87.9. The zero-order chi connectivity index (χ0) is 61.5. The first-order valence-electron chi connectivity index (χ1n) is 30.8. The van der Waals surface area contributed by atoms with Crippen molar-refractivity contribution in [3.8, 4) is 101 Å². The number of fused-ring (bicyclic) bond motifs is 6. The molecule has 0 aliphatic heterocycles. The minimum absolute atomic E-state index is 0.521. The smallest absolute Gasteiger partial charge is 0.195 e. The zero-order valence-corrected chi connectivity index (χ0v) is 51.8. The van der Waals surface area contributed by atoms with Gasteiger partial charge in [0.05, 0.1) is 34.3 Å². The molecule has 0 saturated heterocycles. The second-order valence-corrected chi connectivity index (χ2v) is 24.7. The van der Waals surface area contributed by atoms with E-state index in [4.69, 9.17) is 21.5 Å². The predicted molar refractivity (Wildman–Crippen MR) is 376 cm³/mol. The molecule has 6 nitrogen and oxygen atoms in total. The highest BCUT2D eigenvalue weighted by atomic mass is 15.0. The Hall–Kier alpha value is -11.3. The van der Waals surface area contributed by atoms with Crippen LogP contribution in [0.15, 0.2) is 243 Å². The Morgan fingerprint density at radius 1 is 0.267 bits per heavy atom. The third-order valence-electron chi connectivity index (χ3n) is 17.6. The van der Waals surface area contributed by atoms with E-state index in [1.807, 2.05) is 66.7 Å². The maximum absolute atomic E-state index is 9.03. The summed E-state index contributed by atoms with van der Waals surface area (Å²) in [6.07, 6.45) is 0. The average Bonchev–Trinajstić information content (AvgIpc) is 1.56. The third-order valence-corrected chi connectivity index (χ3v) is 17.6. The molecular formula is C84H64N6. The van der Waals surface area contributed by atoms with Crippen molar-refractivity contribution in [2.24, 2.45) is 0 Å². The topological polar surface area (TPSA) is 52.9 Å². The van der Waals surface area contributed by atoms with Gasteiger partial charge in [-0.15, -0.1) is 0 Å². The summed E-state index contributed by atoms with van der Waals surface area (Å²) in [6.45, 7) is 26.4. The van der Waals surface area contributed by atoms with Crippen LogP contribution in [0.4, 0.5) is 5.69 Å². The molecule has 0 saturated carbocycles. The summed E-state index contributed by atoms with van der Waals surface area (Å²) < 4.78 is 4.79. The second-order valence-electron chi connectivity index (χ2n) is 24.7. The molecule has 15 rings (SSSR count). The van der Waals surface area contributed by atoms with Gasteiger partial charge in [0.15, 0.2) is 23.2 Å². The minimum Gasteiger partial charge on any atom is -0.309 e. The molecule has 0 bridgehead atoms. The van der Waals surface area contributed by atoms with Crippen molar-refractivity contribution in [3.63, 3.8) is 0 Å². The number of aryl methyl sites for hydroxylation is 8. The standard InChI is InChI=1S/C84H64N6/c1-50-32-51(2)37-65(36-50)60-20-27-77-72(44-60)73-45-61(66-38-52(3)33-53(4)39-66)21-28-78(73)89(77)69-25-26-76(85-9)70(49-69)71-48-64(84-87-82(58-16-12-10-13-17-58)86-83(88-84)59-18-14-11-15-19-59)24-31-79(71)90-80-29-22-62(67-40-54(5)34-55(6)41-67)46-74(80)75-47-63(23-30-81(75)90)68-42-56(7)35-57(8)43-68/h10-49H,1-8H3. The molecule has 0 atom stereocenters. The maximum Gasteiger partial charge on any atom is 0.195 e. The first-order chi connectivity index (χ1) is 43.7. The maximum atomic E-state index is 9.03. The Labute approximate surface area is 525 Å². The van der Waals surface area contributed by atoms with E-state index in [-0.39, 0.29) is 0 Å². The fourth-order valence-corrected chi connectivity index (χ4v) is 13.9. The molecule has 0 N–H and O–H groups in total. The van der Waals surface area contributed by atoms with E-state index in [0.29, 0.717) is 23.2 Å². The molecule has 0 spiro atoms. The van der Waals surface area contributed by atoms with Crippen LogP contribution in [0.2, 0.25) is 0 Å². The quantitative estimate of drug-likeness (QED) is 0.128. The number of nitrogens with zero attached hydrogens (tertiary/aromatic N) is 6. The SMILES string of the molecule is [C-]#[N+]c1ccc(-n2c3ccc(-c4cc(C)cc(C)c4)cc3c3cc(-c4cc(C)cc(C)c4)ccc32)cc1-c1cc(-c2nc(-c3ccccc3)nc(-c3ccccc3)n2)ccc1-n1c2ccc(-c3cc(C)cc(C)c3)cc2c2cc(-c3cc(C)cc(C)c3)ccc21. The molecular weight excluding hydrogens is 1090 g/mol. The molecule has 0 unspecified atom stereocenters. The monoisotopic (exact) mass is 1160 g/mol. The molecule has 0 radical (unpaired) electrons. The lowest BCUT2D eigenvalue weighted by atomic mass is 9.97. The van der Waals surface area contributed by atoms with E-state index in [1.54, 1.807) is 0 Å². The number of hydrogen-bond donors (Lipinski definition) is 0. The highest BCUT2D eigenvalue weighted by Gasteiger charge is 2.24. The van der Waals surface area contributed by atoms with Crippen LogP contribution in [0, 0.1) is 62.0 Å². The van der Waals surface area contributed by atoms with Crippen molar-refractivity contribution < 1.29 is 0 Å². The van der Waals surface area contributed by atoms with Crippen LogP contribution in [0.1, 0.15) is 44.5 Å². The molecule has 430 valence electrons. The normalized spacial score (nSPS) is 11.5. The van der Waals surface area contributed by atoms with Gasteiger partial charge in [0.1, 0.15) is 0 Å². The van der Waals surface area contributed by atoms with Gasteiger partial charge in [-0.05, 0) is 190 Å². The Balaban J connectivity index is 1.01. The molecule has 0 aliphatic rings. The van der Waals surface area contributed by atoms with Gasteiger partial charge in [0.2, 0.25) is 0 Å². The van der Waals surface area contributed by atoms with Crippen LogP contribution in [0.5, 0.6) is 0 Å². The Morgan fingerprint density at radius 2 is 0.600 bits per heavy atom. The molecule has 15 aromatic rings. The summed E-state index contributed by atoms with van der Waals surface area (Å²) >= 11 is 0. The van der Waals surface area contributed by atoms with Crippen molar-refractivity contribution in [1.82, 2.24) is 24.1 Å². The van der Waals surface area contributed by atoms with Gasteiger partial charge >= 0.3 is 0 Å². The highest BCUT2D eigenvalue weighted by molar-refractivity contribution is 6.14. The lowest BCUT2D eigenvalue weighted by Crippen LogP contribution is -2.02. The van der Waals surface area contributed by atoms with Gasteiger partial charge in [-0.25, -0.2) is 19.8 Å². The van der Waals surface area contributed by atoms with Crippen LogP contribution in [0.25, 0.3) is 150 Å². The molecule has 3 heterocycles. The fourth-order valence-electron chi connectivity index (χ4n) is 13.9. The van der Waals surface area contributed by atoms with Crippen molar-refractivity contribution in [2.75, 3.05) is 0 Å². The fraction of sp³-hybridized carbons (Fsp3) is 0.0952. The second kappa shape index (κ2) is 22.2. The largest absolute Gasteiger partial charge is 0.309 e. The first-order valence-corrected chi connectivity index (χ1v) is 30.8. The number of benzene rings is 12. The van der Waals surface area contributed by atoms with Crippen LogP contribution < -0.4 is 0 Å². The van der Waals surface area contributed by atoms with E-state index in [9.17, 15) is 0 Å². The van der Waals surface area contributed by atoms with Gasteiger partial charge in [-0.1, -0.05) is 208 Å². The van der Waals surface area contributed by atoms with E-state index in [0.717, 1.165) is 105 Å². The van der Waals surface area contributed by atoms with Crippen LogP contribution in [0.3, 0.4) is 0 Å². The van der Waals surface area contributed by atoms with Gasteiger partial charge in [-0.3, -0.25) is 0 Å². The molecule has 0 amide bonds. The minimum atomic E-state index is 0.521. The third kappa shape index (κ3) is 10.1. The molecule has 90 heavy (non-hydrogen) atoms. The van der Waals surface area contributed by atoms with E-state index in [1.165, 1.54) is 66.8 Å². The Kier molecular flexibility index (Phi) is 13.6. The number of hydrogen-bond acceptors (Lipinski definition) is 3. The summed E-state index contributed by atoms with van der Waals surface area (Å²) in [5, 5.41) is 4.56. The highest BCUT2D eigenvalue weighted by Crippen LogP contribution is 2.46. The van der Waals surface area contributed by atoms with Crippen molar-refractivity contribution >= 4 is 49.3 Å². The summed E-state index contributed by atoms with van der Waals surface area (Å²) in [4.78, 5) is 20.0. The van der Waals surface area contributed by atoms with Gasteiger partial charge < -0.3 is 9.13 Å². The molecule has 0 aliphatic carbocycles. The van der Waals surface area contributed by atoms with E-state index < -0.39 is 0 Å². The summed E-state index contributed by atoms with van der Waals surface area (Å²) in [5.74, 6) is 1.67. The van der Waals surface area contributed by atoms with Crippen molar-refractivity contribution in [2.45, 2.75) is 55.4 Å². The number of rotatable bonds is 10. The van der Waals surface area contributed by atoms with Gasteiger partial charge in [0, 0.05) is 43.9 Å². The van der Waals surface area contributed by atoms with E-state index in [2.05, 4.69) is 245 Å². The Bertz CT molecular complexity index is 5110. The van der Waals surface area contributed by atoms with Crippen LogP contribution >= 0.6 is 0 Å². The van der Waals surface area contributed by atoms with Crippen molar-refractivity contribution in [3.05, 3.63) is 299 Å². The molecule has 3 aromatic heterocycles. The Morgan fingerprint density at radius 3 is 0.956 bits per heavy atom. The molecule has 0 fully saturated rings. The molecule has 6 heteroatoms. The van der Waals surface area contributed by atoms with Crippen molar-refractivity contribution in [1.29, 1.82) is 0 Å². The average molecular weight is 1160 g/mol. The van der Waals surface area contributed by atoms with Crippen LogP contribution in [-0.4, -0.2) is 24.1 Å². The molecule has 12 aromatic carbocycles. The number of aromatic nitrogens is 5. The summed E-state index contributed by atoms with van der Waals surface area (Å²) in [7, 11) is 0.